The number of carbonyl (C=O) groups excluding carboxylic acids is 1. The molecule has 4 rings (SSSR count). The average Bonchev–Trinajstić information content (AvgIpc) is 3.48. The van der Waals surface area contributed by atoms with Crippen molar-refractivity contribution < 1.29 is 4.79 Å². The monoisotopic (exact) mass is 418 g/mol. The fourth-order valence-corrected chi connectivity index (χ4v) is 4.94. The lowest BCUT2D eigenvalue weighted by Crippen LogP contribution is -2.38. The molecule has 4 aromatic rings. The number of amides is 1. The van der Waals surface area contributed by atoms with Crippen LogP contribution in [0.3, 0.4) is 0 Å². The van der Waals surface area contributed by atoms with Crippen molar-refractivity contribution in [2.45, 2.75) is 12.1 Å². The number of hydrogen-bond donors (Lipinski definition) is 2. The van der Waals surface area contributed by atoms with Crippen molar-refractivity contribution in [2.24, 2.45) is 0 Å². The van der Waals surface area contributed by atoms with E-state index >= 15 is 0 Å². The normalized spacial score (nSPS) is 13.0. The van der Waals surface area contributed by atoms with Crippen LogP contribution in [-0.4, -0.2) is 12.5 Å². The molecule has 0 aliphatic carbocycles. The molecule has 29 heavy (non-hydrogen) atoms. The van der Waals surface area contributed by atoms with Crippen LogP contribution in [0.2, 0.25) is 0 Å². The predicted octanol–water partition coefficient (Wildman–Crippen LogP) is 5.39. The van der Waals surface area contributed by atoms with E-state index in [1.165, 1.54) is 4.88 Å². The van der Waals surface area contributed by atoms with Gasteiger partial charge in [0.15, 0.2) is 0 Å². The summed E-state index contributed by atoms with van der Waals surface area (Å²) in [6, 6.07) is 28.4. The molecule has 1 amide bonds. The molecular formula is C24H22N2OS2. The summed E-state index contributed by atoms with van der Waals surface area (Å²) < 4.78 is 0. The lowest BCUT2D eigenvalue weighted by atomic mass is 10.0. The molecule has 0 unspecified atom stereocenters. The molecule has 5 heteroatoms. The SMILES string of the molecule is O=C(CN[C@@H](c1ccccc1)c1cccs1)N[C@@H](c1ccccc1)c1cccs1. The molecule has 0 spiro atoms. The Bertz CT molecular complexity index is 1000. The maximum atomic E-state index is 12.9. The fourth-order valence-electron chi connectivity index (χ4n) is 3.31. The van der Waals surface area contributed by atoms with Gasteiger partial charge in [-0.1, -0.05) is 72.8 Å². The van der Waals surface area contributed by atoms with Gasteiger partial charge in [-0.2, -0.15) is 0 Å². The summed E-state index contributed by atoms with van der Waals surface area (Å²) in [7, 11) is 0. The summed E-state index contributed by atoms with van der Waals surface area (Å²) in [5, 5.41) is 10.7. The van der Waals surface area contributed by atoms with E-state index in [2.05, 4.69) is 52.4 Å². The van der Waals surface area contributed by atoms with Gasteiger partial charge in [-0.05, 0) is 34.0 Å². The van der Waals surface area contributed by atoms with Crippen LogP contribution in [0, 0.1) is 0 Å². The first-order chi connectivity index (χ1) is 14.3. The third kappa shape index (κ3) is 5.01. The van der Waals surface area contributed by atoms with E-state index in [4.69, 9.17) is 0 Å². The van der Waals surface area contributed by atoms with Gasteiger partial charge in [-0.3, -0.25) is 10.1 Å². The summed E-state index contributed by atoms with van der Waals surface area (Å²) >= 11 is 3.35. The third-order valence-corrected chi connectivity index (χ3v) is 6.57. The fraction of sp³-hybridized carbons (Fsp3) is 0.125. The first kappa shape index (κ1) is 19.6. The molecule has 0 aliphatic rings. The van der Waals surface area contributed by atoms with Crippen molar-refractivity contribution in [3.8, 4) is 0 Å². The quantitative estimate of drug-likeness (QED) is 0.403. The predicted molar refractivity (Wildman–Crippen MR) is 121 cm³/mol. The third-order valence-electron chi connectivity index (χ3n) is 4.69. The van der Waals surface area contributed by atoms with Gasteiger partial charge in [0.2, 0.25) is 5.91 Å². The Balaban J connectivity index is 1.47. The van der Waals surface area contributed by atoms with E-state index in [0.717, 1.165) is 16.0 Å². The van der Waals surface area contributed by atoms with E-state index in [1.807, 2.05) is 53.9 Å². The molecule has 0 aliphatic heterocycles. The second kappa shape index (κ2) is 9.65. The Morgan fingerprint density at radius 3 is 1.72 bits per heavy atom. The van der Waals surface area contributed by atoms with Crippen molar-refractivity contribution in [3.05, 3.63) is 117 Å². The molecule has 2 aromatic carbocycles. The second-order valence-electron chi connectivity index (χ2n) is 6.67. The number of thiophene rings is 2. The van der Waals surface area contributed by atoms with Crippen molar-refractivity contribution in [3.63, 3.8) is 0 Å². The highest BCUT2D eigenvalue weighted by Gasteiger charge is 2.20. The largest absolute Gasteiger partial charge is 0.343 e. The summed E-state index contributed by atoms with van der Waals surface area (Å²) in [5.74, 6) is -0.0234. The highest BCUT2D eigenvalue weighted by atomic mass is 32.1. The van der Waals surface area contributed by atoms with E-state index in [1.54, 1.807) is 22.7 Å². The summed E-state index contributed by atoms with van der Waals surface area (Å²) in [6.07, 6.45) is 0. The minimum atomic E-state index is -0.137. The van der Waals surface area contributed by atoms with Gasteiger partial charge in [0.1, 0.15) is 0 Å². The highest BCUT2D eigenvalue weighted by Crippen LogP contribution is 2.27. The van der Waals surface area contributed by atoms with Gasteiger partial charge in [-0.25, -0.2) is 0 Å². The van der Waals surface area contributed by atoms with E-state index in [-0.39, 0.29) is 24.5 Å². The van der Waals surface area contributed by atoms with Gasteiger partial charge >= 0.3 is 0 Å². The minimum absolute atomic E-state index is 0.00105. The smallest absolute Gasteiger partial charge is 0.234 e. The first-order valence-corrected chi connectivity index (χ1v) is 11.3. The lowest BCUT2D eigenvalue weighted by Gasteiger charge is -2.21. The molecule has 2 heterocycles. The van der Waals surface area contributed by atoms with Crippen LogP contribution in [-0.2, 0) is 4.79 Å². The molecule has 146 valence electrons. The molecule has 2 aromatic heterocycles. The number of hydrogen-bond acceptors (Lipinski definition) is 4. The average molecular weight is 419 g/mol. The van der Waals surface area contributed by atoms with Crippen LogP contribution in [0.5, 0.6) is 0 Å². The van der Waals surface area contributed by atoms with Crippen LogP contribution in [0.4, 0.5) is 0 Å². The zero-order chi connectivity index (χ0) is 19.9. The molecule has 3 nitrogen and oxygen atoms in total. The molecule has 0 radical (unpaired) electrons. The zero-order valence-electron chi connectivity index (χ0n) is 15.8. The van der Waals surface area contributed by atoms with E-state index < -0.39 is 0 Å². The van der Waals surface area contributed by atoms with Crippen molar-refractivity contribution in [1.82, 2.24) is 10.6 Å². The molecule has 0 fully saturated rings. The first-order valence-electron chi connectivity index (χ1n) is 9.50. The molecule has 0 bridgehead atoms. The Hall–Kier alpha value is -2.73. The number of rotatable bonds is 8. The van der Waals surface area contributed by atoms with Crippen LogP contribution in [0.15, 0.2) is 95.7 Å². The van der Waals surface area contributed by atoms with Crippen molar-refractivity contribution in [1.29, 1.82) is 0 Å². The highest BCUT2D eigenvalue weighted by molar-refractivity contribution is 7.10. The maximum Gasteiger partial charge on any atom is 0.234 e. The van der Waals surface area contributed by atoms with E-state index in [9.17, 15) is 4.79 Å². The molecule has 2 N–H and O–H groups in total. The van der Waals surface area contributed by atoms with Gasteiger partial charge in [0.05, 0.1) is 18.6 Å². The molecule has 0 saturated carbocycles. The van der Waals surface area contributed by atoms with Crippen LogP contribution in [0.1, 0.15) is 33.0 Å². The summed E-state index contributed by atoms with van der Waals surface area (Å²) in [6.45, 7) is 0.242. The summed E-state index contributed by atoms with van der Waals surface area (Å²) in [5.41, 5.74) is 2.24. The topological polar surface area (TPSA) is 41.1 Å². The minimum Gasteiger partial charge on any atom is -0.343 e. The van der Waals surface area contributed by atoms with Crippen LogP contribution < -0.4 is 10.6 Å². The molecule has 0 saturated heterocycles. The molecule has 2 atom stereocenters. The lowest BCUT2D eigenvalue weighted by molar-refractivity contribution is -0.120. The Labute approximate surface area is 179 Å². The number of carbonyl (C=O) groups is 1. The zero-order valence-corrected chi connectivity index (χ0v) is 17.5. The van der Waals surface area contributed by atoms with Crippen LogP contribution in [0.25, 0.3) is 0 Å². The van der Waals surface area contributed by atoms with Crippen molar-refractivity contribution >= 4 is 28.6 Å². The van der Waals surface area contributed by atoms with E-state index in [0.29, 0.717) is 0 Å². The second-order valence-corrected chi connectivity index (χ2v) is 8.63. The standard InChI is InChI=1S/C24H22N2OS2/c27-22(26-24(21-14-8-16-29-21)19-11-5-2-6-12-19)17-25-23(20-13-7-15-28-20)18-9-3-1-4-10-18/h1-16,23-25H,17H2,(H,26,27)/t23-,24-/m0/s1. The molecular weight excluding hydrogens is 396 g/mol. The van der Waals surface area contributed by atoms with Crippen molar-refractivity contribution in [2.75, 3.05) is 6.54 Å². The van der Waals surface area contributed by atoms with Gasteiger partial charge in [-0.15, -0.1) is 22.7 Å². The number of benzene rings is 2. The van der Waals surface area contributed by atoms with Gasteiger partial charge < -0.3 is 5.32 Å². The Morgan fingerprint density at radius 1 is 0.690 bits per heavy atom. The van der Waals surface area contributed by atoms with Crippen LogP contribution >= 0.6 is 22.7 Å². The Kier molecular flexibility index (Phi) is 6.52. The Morgan fingerprint density at radius 2 is 1.21 bits per heavy atom. The van der Waals surface area contributed by atoms with Gasteiger partial charge in [0, 0.05) is 9.75 Å². The van der Waals surface area contributed by atoms with Gasteiger partial charge in [0.25, 0.3) is 0 Å². The maximum absolute atomic E-state index is 12.9. The number of nitrogens with one attached hydrogen (secondary N) is 2. The summed E-state index contributed by atoms with van der Waals surface area (Å²) in [4.78, 5) is 15.2.